The molecule has 1 aromatic carbocycles. The minimum absolute atomic E-state index is 0.282. The molecular weight excluding hydrogens is 158 g/mol. The normalized spacial score (nSPS) is 11.6. The van der Waals surface area contributed by atoms with Gasteiger partial charge < -0.3 is 5.32 Å². The monoisotopic (exact) mass is 177 g/mol. The molecule has 0 spiro atoms. The van der Waals surface area contributed by atoms with Gasteiger partial charge in [-0.2, -0.15) is 0 Å². The summed E-state index contributed by atoms with van der Waals surface area (Å²) in [6.07, 6.45) is 1.17. The fourth-order valence-corrected chi connectivity index (χ4v) is 1.47. The zero-order chi connectivity index (χ0) is 9.73. The fourth-order valence-electron chi connectivity index (χ4n) is 1.47. The first kappa shape index (κ1) is 10.3. The number of nitrogens with one attached hydrogen (secondary N) is 1. The smallest absolute Gasteiger partial charge is 0.00436 e. The van der Waals surface area contributed by atoms with Crippen molar-refractivity contribution < 1.29 is 0 Å². The van der Waals surface area contributed by atoms with Crippen molar-refractivity contribution in [3.05, 3.63) is 35.9 Å². The van der Waals surface area contributed by atoms with Crippen molar-refractivity contribution in [1.29, 1.82) is 0 Å². The second kappa shape index (κ2) is 4.43. The molecule has 13 heavy (non-hydrogen) atoms. The van der Waals surface area contributed by atoms with Crippen molar-refractivity contribution in [2.45, 2.75) is 25.7 Å². The molecule has 0 aliphatic rings. The first-order valence-corrected chi connectivity index (χ1v) is 4.87. The van der Waals surface area contributed by atoms with Crippen molar-refractivity contribution in [3.8, 4) is 0 Å². The van der Waals surface area contributed by atoms with Gasteiger partial charge in [-0.05, 0) is 31.0 Å². The summed E-state index contributed by atoms with van der Waals surface area (Å²) in [5.41, 5.74) is 1.70. The van der Waals surface area contributed by atoms with Gasteiger partial charge >= 0.3 is 0 Å². The summed E-state index contributed by atoms with van der Waals surface area (Å²) in [7, 11) is 2.00. The Morgan fingerprint density at radius 3 is 2.31 bits per heavy atom. The second-order valence-corrected chi connectivity index (χ2v) is 4.10. The van der Waals surface area contributed by atoms with Gasteiger partial charge in [-0.3, -0.25) is 0 Å². The van der Waals surface area contributed by atoms with Gasteiger partial charge in [0.25, 0.3) is 0 Å². The maximum atomic E-state index is 3.19. The molecule has 0 saturated heterocycles. The second-order valence-electron chi connectivity index (χ2n) is 4.10. The zero-order valence-corrected chi connectivity index (χ0v) is 8.80. The molecule has 0 heterocycles. The van der Waals surface area contributed by atoms with E-state index in [9.17, 15) is 0 Å². The highest BCUT2D eigenvalue weighted by Crippen LogP contribution is 2.25. The van der Waals surface area contributed by atoms with Gasteiger partial charge in [0.2, 0.25) is 0 Å². The topological polar surface area (TPSA) is 12.0 Å². The first-order valence-electron chi connectivity index (χ1n) is 4.87. The van der Waals surface area contributed by atoms with E-state index >= 15 is 0 Å². The molecule has 0 saturated carbocycles. The predicted molar refractivity (Wildman–Crippen MR) is 58.0 cm³/mol. The molecule has 1 rings (SSSR count). The van der Waals surface area contributed by atoms with Crippen molar-refractivity contribution in [2.75, 3.05) is 13.6 Å². The van der Waals surface area contributed by atoms with Crippen LogP contribution < -0.4 is 5.32 Å². The lowest BCUT2D eigenvalue weighted by Gasteiger charge is -2.25. The third-order valence-electron chi connectivity index (χ3n) is 2.56. The van der Waals surface area contributed by atoms with E-state index in [0.717, 1.165) is 6.54 Å². The Kier molecular flexibility index (Phi) is 3.49. The predicted octanol–water partition coefficient (Wildman–Crippen LogP) is 2.57. The Morgan fingerprint density at radius 2 is 1.77 bits per heavy atom. The zero-order valence-electron chi connectivity index (χ0n) is 8.80. The van der Waals surface area contributed by atoms with Crippen LogP contribution in [0.2, 0.25) is 0 Å². The number of rotatable bonds is 4. The average Bonchev–Trinajstić information content (AvgIpc) is 2.16. The highest BCUT2D eigenvalue weighted by Gasteiger charge is 2.18. The minimum atomic E-state index is 0.282. The van der Waals surface area contributed by atoms with Gasteiger partial charge in [0.05, 0.1) is 0 Å². The number of hydrogen-bond acceptors (Lipinski definition) is 1. The van der Waals surface area contributed by atoms with E-state index in [-0.39, 0.29) is 5.41 Å². The van der Waals surface area contributed by atoms with Gasteiger partial charge in [-0.1, -0.05) is 44.2 Å². The van der Waals surface area contributed by atoms with Crippen LogP contribution in [-0.2, 0) is 5.41 Å². The van der Waals surface area contributed by atoms with Gasteiger partial charge in [-0.15, -0.1) is 0 Å². The minimum Gasteiger partial charge on any atom is -0.320 e. The van der Waals surface area contributed by atoms with Gasteiger partial charge in [-0.25, -0.2) is 0 Å². The lowest BCUT2D eigenvalue weighted by atomic mass is 9.82. The Hall–Kier alpha value is -0.820. The Balaban J connectivity index is 2.69. The number of benzene rings is 1. The van der Waals surface area contributed by atoms with E-state index in [1.807, 2.05) is 7.05 Å². The van der Waals surface area contributed by atoms with Crippen LogP contribution in [0.15, 0.2) is 30.3 Å². The molecular formula is C12H19N. The summed E-state index contributed by atoms with van der Waals surface area (Å²) in [6.45, 7) is 5.65. The lowest BCUT2D eigenvalue weighted by Crippen LogP contribution is -2.23. The van der Waals surface area contributed by atoms with Crippen LogP contribution in [0.3, 0.4) is 0 Å². The molecule has 72 valence electrons. The highest BCUT2D eigenvalue weighted by molar-refractivity contribution is 5.23. The van der Waals surface area contributed by atoms with Gasteiger partial charge in [0.1, 0.15) is 0 Å². The molecule has 1 N–H and O–H groups in total. The average molecular weight is 177 g/mol. The SMILES string of the molecule is CNCCC(C)(C)c1ccccc1. The Labute approximate surface area is 81.2 Å². The van der Waals surface area contributed by atoms with Crippen LogP contribution in [0.25, 0.3) is 0 Å². The van der Waals surface area contributed by atoms with Gasteiger partial charge in [0.15, 0.2) is 0 Å². The molecule has 0 radical (unpaired) electrons. The van der Waals surface area contributed by atoms with E-state index in [1.54, 1.807) is 0 Å². The van der Waals surface area contributed by atoms with E-state index in [4.69, 9.17) is 0 Å². The van der Waals surface area contributed by atoms with E-state index in [1.165, 1.54) is 12.0 Å². The molecule has 1 aromatic rings. The van der Waals surface area contributed by atoms with Gasteiger partial charge in [0, 0.05) is 0 Å². The summed E-state index contributed by atoms with van der Waals surface area (Å²) >= 11 is 0. The van der Waals surface area contributed by atoms with Crippen LogP contribution in [0.1, 0.15) is 25.8 Å². The maximum Gasteiger partial charge on any atom is -0.00436 e. The van der Waals surface area contributed by atoms with Crippen LogP contribution in [-0.4, -0.2) is 13.6 Å². The molecule has 1 nitrogen and oxygen atoms in total. The van der Waals surface area contributed by atoms with Crippen LogP contribution in [0, 0.1) is 0 Å². The first-order chi connectivity index (χ1) is 6.17. The quantitative estimate of drug-likeness (QED) is 0.745. The van der Waals surface area contributed by atoms with Crippen LogP contribution >= 0.6 is 0 Å². The van der Waals surface area contributed by atoms with Crippen molar-refractivity contribution >= 4 is 0 Å². The Morgan fingerprint density at radius 1 is 1.15 bits per heavy atom. The number of hydrogen-bond donors (Lipinski definition) is 1. The third kappa shape index (κ3) is 2.85. The summed E-state index contributed by atoms with van der Waals surface area (Å²) in [5.74, 6) is 0. The molecule has 0 unspecified atom stereocenters. The summed E-state index contributed by atoms with van der Waals surface area (Å²) in [6, 6.07) is 10.7. The lowest BCUT2D eigenvalue weighted by molar-refractivity contribution is 0.469. The molecule has 0 aliphatic carbocycles. The highest BCUT2D eigenvalue weighted by atomic mass is 14.8. The van der Waals surface area contributed by atoms with Crippen LogP contribution in [0.4, 0.5) is 0 Å². The molecule has 0 aliphatic heterocycles. The summed E-state index contributed by atoms with van der Waals surface area (Å²) in [4.78, 5) is 0. The molecule has 0 aromatic heterocycles. The molecule has 0 atom stereocenters. The van der Waals surface area contributed by atoms with E-state index in [2.05, 4.69) is 49.5 Å². The maximum absolute atomic E-state index is 3.19. The molecule has 0 amide bonds. The Bertz CT molecular complexity index is 239. The summed E-state index contributed by atoms with van der Waals surface area (Å²) in [5, 5.41) is 3.19. The largest absolute Gasteiger partial charge is 0.320 e. The van der Waals surface area contributed by atoms with Crippen molar-refractivity contribution in [3.63, 3.8) is 0 Å². The van der Waals surface area contributed by atoms with Crippen molar-refractivity contribution in [1.82, 2.24) is 5.32 Å². The van der Waals surface area contributed by atoms with E-state index < -0.39 is 0 Å². The molecule has 1 heteroatoms. The third-order valence-corrected chi connectivity index (χ3v) is 2.56. The fraction of sp³-hybridized carbons (Fsp3) is 0.500. The van der Waals surface area contributed by atoms with Crippen molar-refractivity contribution in [2.24, 2.45) is 0 Å². The molecule has 0 fully saturated rings. The molecule has 0 bridgehead atoms. The van der Waals surface area contributed by atoms with Crippen LogP contribution in [0.5, 0.6) is 0 Å². The van der Waals surface area contributed by atoms with E-state index in [0.29, 0.717) is 0 Å². The summed E-state index contributed by atoms with van der Waals surface area (Å²) < 4.78 is 0. The standard InChI is InChI=1S/C12H19N/c1-12(2,9-10-13-3)11-7-5-4-6-8-11/h4-8,13H,9-10H2,1-3H3.